The summed E-state index contributed by atoms with van der Waals surface area (Å²) < 4.78 is 31.0. The van der Waals surface area contributed by atoms with Gasteiger partial charge in [-0.05, 0) is 43.6 Å². The third kappa shape index (κ3) is 3.18. The van der Waals surface area contributed by atoms with Gasteiger partial charge < -0.3 is 10.6 Å². The molecule has 0 aliphatic carbocycles. The summed E-state index contributed by atoms with van der Waals surface area (Å²) in [4.78, 5) is 12.3. The van der Waals surface area contributed by atoms with E-state index in [4.69, 9.17) is 0 Å². The van der Waals surface area contributed by atoms with Gasteiger partial charge in [-0.2, -0.15) is 4.37 Å². The number of anilines is 1. The predicted octanol–water partition coefficient (Wildman–Crippen LogP) is 3.26. The number of nitrogens with zero attached hydrogens (tertiary/aromatic N) is 1. The molecule has 0 fully saturated rings. The Bertz CT molecular complexity index is 672. The van der Waals surface area contributed by atoms with Crippen LogP contribution in [-0.4, -0.2) is 17.3 Å². The van der Waals surface area contributed by atoms with Crippen molar-refractivity contribution in [2.75, 3.05) is 12.4 Å². The molecule has 1 heterocycles. The highest BCUT2D eigenvalue weighted by molar-refractivity contribution is 7.10. The second-order valence-electron chi connectivity index (χ2n) is 4.58. The molecule has 2 N–H and O–H groups in total. The van der Waals surface area contributed by atoms with Crippen molar-refractivity contribution in [2.24, 2.45) is 0 Å². The minimum Gasteiger partial charge on any atom is -0.378 e. The first kappa shape index (κ1) is 15.4. The van der Waals surface area contributed by atoms with Gasteiger partial charge in [0.2, 0.25) is 0 Å². The summed E-state index contributed by atoms with van der Waals surface area (Å²) in [5.74, 6) is -1.48. The van der Waals surface area contributed by atoms with Crippen molar-refractivity contribution in [3.63, 3.8) is 0 Å². The van der Waals surface area contributed by atoms with E-state index in [0.29, 0.717) is 16.3 Å². The quantitative estimate of drug-likeness (QED) is 0.911. The van der Waals surface area contributed by atoms with Crippen LogP contribution in [0.25, 0.3) is 0 Å². The van der Waals surface area contributed by atoms with Crippen molar-refractivity contribution in [3.05, 3.63) is 46.7 Å². The number of carbonyl (C=O) groups excluding carboxylic acids is 1. The molecule has 0 unspecified atom stereocenters. The fourth-order valence-electron chi connectivity index (χ4n) is 2.00. The van der Waals surface area contributed by atoms with Crippen LogP contribution < -0.4 is 10.6 Å². The maximum absolute atomic E-state index is 13.7. The number of nitrogens with one attached hydrogen (secondary N) is 2. The Morgan fingerprint density at radius 3 is 2.76 bits per heavy atom. The maximum atomic E-state index is 13.7. The molecule has 4 nitrogen and oxygen atoms in total. The molecule has 0 aliphatic rings. The van der Waals surface area contributed by atoms with Crippen molar-refractivity contribution in [1.82, 2.24) is 9.69 Å². The van der Waals surface area contributed by atoms with Crippen molar-refractivity contribution >= 4 is 22.4 Å². The Morgan fingerprint density at radius 1 is 1.38 bits per heavy atom. The molecule has 0 saturated heterocycles. The SMILES string of the molecule is CNc1snc(C)c1C(=O)N[C@H](C)c1cc(F)ccc1F. The summed E-state index contributed by atoms with van der Waals surface area (Å²) in [6.07, 6.45) is 0. The second-order valence-corrected chi connectivity index (χ2v) is 5.36. The summed E-state index contributed by atoms with van der Waals surface area (Å²) >= 11 is 1.18. The molecule has 0 saturated carbocycles. The van der Waals surface area contributed by atoms with Crippen LogP contribution in [-0.2, 0) is 0 Å². The molecule has 0 spiro atoms. The standard InChI is InChI=1S/C14H15F2N3OS/c1-7(10-6-9(15)4-5-11(10)16)18-13(20)12-8(2)19-21-14(12)17-3/h4-7,17H,1-3H3,(H,18,20)/t7-/m1/s1. The Hall–Kier alpha value is -2.02. The Labute approximate surface area is 125 Å². The number of rotatable bonds is 4. The van der Waals surface area contributed by atoms with Gasteiger partial charge in [-0.1, -0.05) is 0 Å². The van der Waals surface area contributed by atoms with Gasteiger partial charge in [-0.15, -0.1) is 0 Å². The van der Waals surface area contributed by atoms with E-state index in [9.17, 15) is 13.6 Å². The highest BCUT2D eigenvalue weighted by Gasteiger charge is 2.21. The zero-order chi connectivity index (χ0) is 15.6. The highest BCUT2D eigenvalue weighted by atomic mass is 32.1. The molecule has 21 heavy (non-hydrogen) atoms. The highest BCUT2D eigenvalue weighted by Crippen LogP contribution is 2.25. The number of amides is 1. The van der Waals surface area contributed by atoms with E-state index in [0.717, 1.165) is 18.2 Å². The lowest BCUT2D eigenvalue weighted by Gasteiger charge is -2.15. The smallest absolute Gasteiger partial charge is 0.256 e. The monoisotopic (exact) mass is 311 g/mol. The van der Waals surface area contributed by atoms with Crippen molar-refractivity contribution in [2.45, 2.75) is 19.9 Å². The minimum absolute atomic E-state index is 0.107. The van der Waals surface area contributed by atoms with E-state index in [2.05, 4.69) is 15.0 Å². The van der Waals surface area contributed by atoms with Crippen LogP contribution in [0.15, 0.2) is 18.2 Å². The van der Waals surface area contributed by atoms with Crippen LogP contribution in [0.5, 0.6) is 0 Å². The molecule has 1 amide bonds. The number of aryl methyl sites for hydroxylation is 1. The van der Waals surface area contributed by atoms with Crippen LogP contribution in [0, 0.1) is 18.6 Å². The summed E-state index contributed by atoms with van der Waals surface area (Å²) in [6, 6.07) is 2.51. The average Bonchev–Trinajstić information content (AvgIpc) is 2.82. The largest absolute Gasteiger partial charge is 0.378 e. The average molecular weight is 311 g/mol. The predicted molar refractivity (Wildman–Crippen MR) is 78.6 cm³/mol. The lowest BCUT2D eigenvalue weighted by molar-refractivity contribution is 0.0939. The van der Waals surface area contributed by atoms with Gasteiger partial charge >= 0.3 is 0 Å². The van der Waals surface area contributed by atoms with E-state index < -0.39 is 17.7 Å². The van der Waals surface area contributed by atoms with Gasteiger partial charge in [0.05, 0.1) is 17.3 Å². The van der Waals surface area contributed by atoms with Gasteiger partial charge in [0.15, 0.2) is 0 Å². The number of aromatic nitrogens is 1. The minimum atomic E-state index is -0.655. The van der Waals surface area contributed by atoms with E-state index >= 15 is 0 Å². The lowest BCUT2D eigenvalue weighted by atomic mass is 10.1. The fraction of sp³-hybridized carbons (Fsp3) is 0.286. The topological polar surface area (TPSA) is 54.0 Å². The maximum Gasteiger partial charge on any atom is 0.256 e. The number of benzene rings is 1. The van der Waals surface area contributed by atoms with Crippen LogP contribution in [0.1, 0.15) is 34.6 Å². The number of hydrogen-bond acceptors (Lipinski definition) is 4. The molecule has 1 aromatic carbocycles. The zero-order valence-corrected chi connectivity index (χ0v) is 12.6. The Balaban J connectivity index is 2.23. The van der Waals surface area contributed by atoms with Gasteiger partial charge in [0.1, 0.15) is 16.6 Å². The molecule has 2 aromatic rings. The summed E-state index contributed by atoms with van der Waals surface area (Å²) in [7, 11) is 1.69. The summed E-state index contributed by atoms with van der Waals surface area (Å²) in [5.41, 5.74) is 1.12. The van der Waals surface area contributed by atoms with Crippen LogP contribution in [0.2, 0.25) is 0 Å². The molecular weight excluding hydrogens is 296 g/mol. The van der Waals surface area contributed by atoms with E-state index in [1.54, 1.807) is 20.9 Å². The molecule has 0 aliphatic heterocycles. The summed E-state index contributed by atoms with van der Waals surface area (Å²) in [6.45, 7) is 3.32. The molecule has 0 radical (unpaired) electrons. The Kier molecular flexibility index (Phi) is 4.52. The molecule has 7 heteroatoms. The lowest BCUT2D eigenvalue weighted by Crippen LogP contribution is -2.28. The first-order valence-corrected chi connectivity index (χ1v) is 7.11. The van der Waals surface area contributed by atoms with E-state index in [-0.39, 0.29) is 11.5 Å². The Morgan fingerprint density at radius 2 is 2.10 bits per heavy atom. The van der Waals surface area contributed by atoms with E-state index in [1.165, 1.54) is 11.5 Å². The molecule has 1 aromatic heterocycles. The van der Waals surface area contributed by atoms with E-state index in [1.807, 2.05) is 0 Å². The molecule has 0 bridgehead atoms. The first-order chi connectivity index (χ1) is 9.93. The first-order valence-electron chi connectivity index (χ1n) is 6.34. The van der Waals surface area contributed by atoms with Crippen molar-refractivity contribution in [3.8, 4) is 0 Å². The fourth-order valence-corrected chi connectivity index (χ4v) is 2.74. The number of carbonyl (C=O) groups is 1. The van der Waals surface area contributed by atoms with Gasteiger partial charge in [0, 0.05) is 12.6 Å². The molecule has 1 atom stereocenters. The number of hydrogen-bond donors (Lipinski definition) is 2. The van der Waals surface area contributed by atoms with Gasteiger partial charge in [-0.3, -0.25) is 4.79 Å². The second kappa shape index (κ2) is 6.17. The molecule has 2 rings (SSSR count). The van der Waals surface area contributed by atoms with Crippen molar-refractivity contribution < 1.29 is 13.6 Å². The number of halogens is 2. The van der Waals surface area contributed by atoms with Crippen molar-refractivity contribution in [1.29, 1.82) is 0 Å². The third-order valence-electron chi connectivity index (χ3n) is 3.09. The molecular formula is C14H15F2N3OS. The molecule has 112 valence electrons. The summed E-state index contributed by atoms with van der Waals surface area (Å²) in [5, 5.41) is 6.19. The third-order valence-corrected chi connectivity index (χ3v) is 4.04. The van der Waals surface area contributed by atoms with Crippen LogP contribution >= 0.6 is 11.5 Å². The normalized spacial score (nSPS) is 12.0. The van der Waals surface area contributed by atoms with Crippen LogP contribution in [0.3, 0.4) is 0 Å². The van der Waals surface area contributed by atoms with Gasteiger partial charge in [-0.25, -0.2) is 8.78 Å². The van der Waals surface area contributed by atoms with Gasteiger partial charge in [0.25, 0.3) is 5.91 Å². The van der Waals surface area contributed by atoms with Crippen LogP contribution in [0.4, 0.5) is 13.8 Å². The zero-order valence-electron chi connectivity index (χ0n) is 11.8.